The SMILES string of the molecule is CC(C)C[C@@H](Cc1ccc(-c2ccccc2)cc1)NC(=O)CCC(=O)O. The van der Waals surface area contributed by atoms with Crippen molar-refractivity contribution in [1.82, 2.24) is 5.32 Å². The van der Waals surface area contributed by atoms with E-state index >= 15 is 0 Å². The lowest BCUT2D eigenvalue weighted by Gasteiger charge is -2.21. The average molecular weight is 353 g/mol. The number of rotatable bonds is 9. The van der Waals surface area contributed by atoms with Crippen LogP contribution in [0.15, 0.2) is 54.6 Å². The van der Waals surface area contributed by atoms with Gasteiger partial charge < -0.3 is 10.4 Å². The molecule has 0 unspecified atom stereocenters. The van der Waals surface area contributed by atoms with Gasteiger partial charge in [-0.3, -0.25) is 9.59 Å². The van der Waals surface area contributed by atoms with E-state index in [1.807, 2.05) is 18.2 Å². The first kappa shape index (κ1) is 19.7. The molecule has 2 rings (SSSR count). The number of hydrogen-bond donors (Lipinski definition) is 2. The largest absolute Gasteiger partial charge is 0.481 e. The van der Waals surface area contributed by atoms with Crippen LogP contribution in [0.1, 0.15) is 38.7 Å². The Hall–Kier alpha value is -2.62. The number of carboxylic acid groups (broad SMARTS) is 1. The van der Waals surface area contributed by atoms with E-state index in [2.05, 4.69) is 55.6 Å². The zero-order valence-electron chi connectivity index (χ0n) is 15.4. The second-order valence-electron chi connectivity index (χ2n) is 7.05. The Bertz CT molecular complexity index is 708. The maximum absolute atomic E-state index is 12.0. The molecule has 0 aliphatic heterocycles. The normalized spacial score (nSPS) is 12.0. The first-order valence-corrected chi connectivity index (χ1v) is 9.09. The molecule has 1 amide bonds. The van der Waals surface area contributed by atoms with Crippen LogP contribution in [0.25, 0.3) is 11.1 Å². The van der Waals surface area contributed by atoms with Crippen molar-refractivity contribution in [2.75, 3.05) is 0 Å². The Morgan fingerprint density at radius 1 is 0.923 bits per heavy atom. The molecule has 0 aromatic heterocycles. The Morgan fingerprint density at radius 3 is 2.12 bits per heavy atom. The number of carbonyl (C=O) groups is 2. The lowest BCUT2D eigenvalue weighted by atomic mass is 9.95. The van der Waals surface area contributed by atoms with Gasteiger partial charge in [0.1, 0.15) is 0 Å². The van der Waals surface area contributed by atoms with Crippen molar-refractivity contribution >= 4 is 11.9 Å². The molecule has 2 aromatic carbocycles. The highest BCUT2D eigenvalue weighted by molar-refractivity contribution is 5.80. The molecule has 2 aromatic rings. The second-order valence-corrected chi connectivity index (χ2v) is 7.05. The van der Waals surface area contributed by atoms with Gasteiger partial charge in [-0.2, -0.15) is 0 Å². The second kappa shape index (κ2) is 9.76. The summed E-state index contributed by atoms with van der Waals surface area (Å²) in [4.78, 5) is 22.6. The molecule has 0 spiro atoms. The smallest absolute Gasteiger partial charge is 0.303 e. The van der Waals surface area contributed by atoms with E-state index in [1.54, 1.807) is 0 Å². The van der Waals surface area contributed by atoms with Gasteiger partial charge in [-0.1, -0.05) is 68.4 Å². The van der Waals surface area contributed by atoms with Crippen molar-refractivity contribution in [3.8, 4) is 11.1 Å². The summed E-state index contributed by atoms with van der Waals surface area (Å²) in [6.07, 6.45) is 1.49. The van der Waals surface area contributed by atoms with Gasteiger partial charge in [0.05, 0.1) is 6.42 Å². The summed E-state index contributed by atoms with van der Waals surface area (Å²) in [7, 11) is 0. The number of benzene rings is 2. The van der Waals surface area contributed by atoms with Gasteiger partial charge in [0, 0.05) is 12.5 Å². The fourth-order valence-corrected chi connectivity index (χ4v) is 3.03. The van der Waals surface area contributed by atoms with E-state index in [9.17, 15) is 9.59 Å². The van der Waals surface area contributed by atoms with E-state index in [0.29, 0.717) is 5.92 Å². The molecule has 4 heteroatoms. The highest BCUT2D eigenvalue weighted by atomic mass is 16.4. The molecule has 0 radical (unpaired) electrons. The Morgan fingerprint density at radius 2 is 1.54 bits per heavy atom. The number of aliphatic carboxylic acids is 1. The van der Waals surface area contributed by atoms with Crippen LogP contribution in [0.5, 0.6) is 0 Å². The predicted octanol–water partition coefficient (Wildman–Crippen LogP) is 4.29. The van der Waals surface area contributed by atoms with Gasteiger partial charge in [0.2, 0.25) is 5.91 Å². The minimum Gasteiger partial charge on any atom is -0.481 e. The lowest BCUT2D eigenvalue weighted by Crippen LogP contribution is -2.37. The van der Waals surface area contributed by atoms with Crippen molar-refractivity contribution in [2.45, 2.75) is 45.6 Å². The molecule has 0 saturated heterocycles. The van der Waals surface area contributed by atoms with E-state index in [-0.39, 0.29) is 24.8 Å². The van der Waals surface area contributed by atoms with Crippen LogP contribution >= 0.6 is 0 Å². The van der Waals surface area contributed by atoms with E-state index in [4.69, 9.17) is 5.11 Å². The maximum atomic E-state index is 12.0. The van der Waals surface area contributed by atoms with Crippen molar-refractivity contribution in [2.24, 2.45) is 5.92 Å². The minimum atomic E-state index is -0.947. The zero-order chi connectivity index (χ0) is 18.9. The topological polar surface area (TPSA) is 66.4 Å². The molecule has 0 fully saturated rings. The molecular weight excluding hydrogens is 326 g/mol. The molecule has 1 atom stereocenters. The third-order valence-corrected chi connectivity index (χ3v) is 4.23. The van der Waals surface area contributed by atoms with Gasteiger partial charge in [-0.15, -0.1) is 0 Å². The third-order valence-electron chi connectivity index (χ3n) is 4.23. The number of hydrogen-bond acceptors (Lipinski definition) is 2. The average Bonchev–Trinajstić information content (AvgIpc) is 2.61. The summed E-state index contributed by atoms with van der Waals surface area (Å²) >= 11 is 0. The van der Waals surface area contributed by atoms with Crippen LogP contribution in [0, 0.1) is 5.92 Å². The van der Waals surface area contributed by atoms with Crippen LogP contribution in [0.2, 0.25) is 0 Å². The first-order valence-electron chi connectivity index (χ1n) is 9.09. The molecule has 2 N–H and O–H groups in total. The summed E-state index contributed by atoms with van der Waals surface area (Å²) in [5.41, 5.74) is 3.51. The molecule has 0 aliphatic carbocycles. The summed E-state index contributed by atoms with van der Waals surface area (Å²) in [5, 5.41) is 11.7. The van der Waals surface area contributed by atoms with E-state index < -0.39 is 5.97 Å². The van der Waals surface area contributed by atoms with Crippen molar-refractivity contribution in [1.29, 1.82) is 0 Å². The van der Waals surface area contributed by atoms with Crippen molar-refractivity contribution < 1.29 is 14.7 Å². The summed E-state index contributed by atoms with van der Waals surface area (Å²) in [6.45, 7) is 4.24. The molecule has 138 valence electrons. The van der Waals surface area contributed by atoms with Crippen molar-refractivity contribution in [3.63, 3.8) is 0 Å². The third kappa shape index (κ3) is 6.71. The molecule has 0 heterocycles. The Balaban J connectivity index is 2.00. The van der Waals surface area contributed by atoms with Gasteiger partial charge in [0.25, 0.3) is 0 Å². The monoisotopic (exact) mass is 353 g/mol. The molecule has 4 nitrogen and oxygen atoms in total. The molecule has 0 aliphatic rings. The Labute approximate surface area is 155 Å². The maximum Gasteiger partial charge on any atom is 0.303 e. The number of amides is 1. The molecule has 26 heavy (non-hydrogen) atoms. The van der Waals surface area contributed by atoms with Gasteiger partial charge in [0.15, 0.2) is 0 Å². The standard InChI is InChI=1S/C22H27NO3/c1-16(2)14-20(23-21(24)12-13-22(25)26)15-17-8-10-19(11-9-17)18-6-4-3-5-7-18/h3-11,16,20H,12-15H2,1-2H3,(H,23,24)(H,25,26)/t20-/m0/s1. The summed E-state index contributed by atoms with van der Waals surface area (Å²) < 4.78 is 0. The van der Waals surface area contributed by atoms with Crippen molar-refractivity contribution in [3.05, 3.63) is 60.2 Å². The predicted molar refractivity (Wildman–Crippen MR) is 104 cm³/mol. The highest BCUT2D eigenvalue weighted by Gasteiger charge is 2.15. The number of carbonyl (C=O) groups excluding carboxylic acids is 1. The minimum absolute atomic E-state index is 0.0128. The highest BCUT2D eigenvalue weighted by Crippen LogP contribution is 2.20. The quantitative estimate of drug-likeness (QED) is 0.707. The van der Waals surface area contributed by atoms with Crippen LogP contribution in [0.4, 0.5) is 0 Å². The Kier molecular flexibility index (Phi) is 7.39. The van der Waals surface area contributed by atoms with E-state index in [1.165, 1.54) is 11.1 Å². The fraction of sp³-hybridized carbons (Fsp3) is 0.364. The zero-order valence-corrected chi connectivity index (χ0v) is 15.4. The fourth-order valence-electron chi connectivity index (χ4n) is 3.03. The van der Waals surface area contributed by atoms with Crippen LogP contribution in [0.3, 0.4) is 0 Å². The lowest BCUT2D eigenvalue weighted by molar-refractivity contribution is -0.138. The van der Waals surface area contributed by atoms with E-state index in [0.717, 1.165) is 18.4 Å². The van der Waals surface area contributed by atoms with Crippen LogP contribution in [-0.4, -0.2) is 23.0 Å². The molecule has 0 bridgehead atoms. The van der Waals surface area contributed by atoms with Gasteiger partial charge in [-0.25, -0.2) is 0 Å². The first-order chi connectivity index (χ1) is 12.4. The number of nitrogens with one attached hydrogen (secondary N) is 1. The molecular formula is C22H27NO3. The van der Waals surface area contributed by atoms with Gasteiger partial charge >= 0.3 is 5.97 Å². The van der Waals surface area contributed by atoms with Crippen LogP contribution in [-0.2, 0) is 16.0 Å². The van der Waals surface area contributed by atoms with Gasteiger partial charge in [-0.05, 0) is 35.4 Å². The summed E-state index contributed by atoms with van der Waals surface area (Å²) in [6, 6.07) is 18.6. The van der Waals surface area contributed by atoms with Crippen LogP contribution < -0.4 is 5.32 Å². The number of carboxylic acids is 1. The molecule has 0 saturated carbocycles. The summed E-state index contributed by atoms with van der Waals surface area (Å²) in [5.74, 6) is -0.695.